The van der Waals surface area contributed by atoms with Gasteiger partial charge >= 0.3 is 25.6 Å². The van der Waals surface area contributed by atoms with E-state index >= 15 is 0 Å². The minimum atomic E-state index is -4.98. The Morgan fingerprint density at radius 3 is 0.720 bits per heavy atom. The normalized spacial score (nSPS) is 15.5. The zero-order valence-corrected chi connectivity index (χ0v) is 14.2. The molecule has 0 unspecified atom stereocenters. The molecule has 0 aromatic carbocycles. The van der Waals surface area contributed by atoms with Crippen molar-refractivity contribution < 1.29 is 53.5 Å². The van der Waals surface area contributed by atoms with Gasteiger partial charge in [-0.25, -0.2) is 13.2 Å². The van der Waals surface area contributed by atoms with Crippen LogP contribution in [0.4, 0.5) is 39.5 Å². The molecule has 0 saturated carbocycles. The van der Waals surface area contributed by atoms with Crippen LogP contribution in [-0.2, 0) is 14.0 Å². The summed E-state index contributed by atoms with van der Waals surface area (Å²) >= 11 is 0. The lowest BCUT2D eigenvalue weighted by molar-refractivity contribution is -0.332. The lowest BCUT2D eigenvalue weighted by Crippen LogP contribution is -2.56. The summed E-state index contributed by atoms with van der Waals surface area (Å²) in [6, 6.07) is 0. The highest BCUT2D eigenvalue weighted by atomic mass is 19.3. The predicted molar refractivity (Wildman–Crippen MR) is 69.4 cm³/mol. The molecule has 13 heteroatoms. The van der Waals surface area contributed by atoms with Gasteiger partial charge in [0, 0.05) is 0 Å². The van der Waals surface area contributed by atoms with Crippen molar-refractivity contribution in [3.63, 3.8) is 0 Å². The lowest BCUT2D eigenvalue weighted by atomic mass is 10.1. The zero-order chi connectivity index (χ0) is 20.7. The van der Waals surface area contributed by atoms with Crippen molar-refractivity contribution in [2.45, 2.75) is 76.9 Å². The van der Waals surface area contributed by atoms with Gasteiger partial charge in [0.2, 0.25) is 0 Å². The van der Waals surface area contributed by atoms with E-state index in [1.54, 1.807) is 0 Å². The third-order valence-electron chi connectivity index (χ3n) is 2.81. The second kappa shape index (κ2) is 6.80. The minimum Gasteiger partial charge on any atom is -0.324 e. The molecule has 0 atom stereocenters. The molecule has 0 amide bonds. The maximum Gasteiger partial charge on any atom is 0.652 e. The Kier molecular flexibility index (Phi) is 6.62. The number of hydrogen-bond donors (Lipinski definition) is 0. The summed E-state index contributed by atoms with van der Waals surface area (Å²) < 4.78 is 131. The van der Waals surface area contributed by atoms with E-state index in [1.165, 1.54) is 0 Å². The fraction of sp³-hybridized carbons (Fsp3) is 1.00. The van der Waals surface area contributed by atoms with Gasteiger partial charge in [0.05, 0.1) is 0 Å². The van der Waals surface area contributed by atoms with Gasteiger partial charge in [-0.3, -0.25) is 0 Å². The quantitative estimate of drug-likeness (QED) is 0.407. The van der Waals surface area contributed by atoms with E-state index in [1.807, 2.05) is 0 Å². The summed E-state index contributed by atoms with van der Waals surface area (Å²) in [6.45, 7) is 1.41. The summed E-state index contributed by atoms with van der Waals surface area (Å²) in [5, 5.41) is 0. The van der Waals surface area contributed by atoms with E-state index in [9.17, 15) is 39.5 Å². The first kappa shape index (κ1) is 24.3. The molecule has 0 N–H and O–H groups in total. The molecule has 0 aromatic heterocycles. The molecule has 0 aromatic rings. The Morgan fingerprint density at radius 1 is 0.440 bits per heavy atom. The van der Waals surface area contributed by atoms with Gasteiger partial charge in [0.25, 0.3) is 0 Å². The van der Waals surface area contributed by atoms with Gasteiger partial charge in [0.1, 0.15) is 0 Å². The van der Waals surface area contributed by atoms with Crippen LogP contribution in [-0.4, -0.2) is 42.7 Å². The van der Waals surface area contributed by atoms with Crippen molar-refractivity contribution >= 4 is 7.32 Å². The van der Waals surface area contributed by atoms with Gasteiger partial charge in [-0.05, 0) is 41.5 Å². The van der Waals surface area contributed by atoms with Crippen LogP contribution in [0.15, 0.2) is 0 Å². The highest BCUT2D eigenvalue weighted by Gasteiger charge is 2.62. The van der Waals surface area contributed by atoms with E-state index in [2.05, 4.69) is 14.0 Å². The average molecular weight is 392 g/mol. The third-order valence-corrected chi connectivity index (χ3v) is 2.81. The Balaban J connectivity index is 5.70. The van der Waals surface area contributed by atoms with Gasteiger partial charge in [-0.15, -0.1) is 0 Å². The Labute approximate surface area is 139 Å². The molecule has 0 aliphatic heterocycles. The SMILES string of the molecule is CC(C)(F)C(F)(F)OB(OC(F)(F)C(C)(C)F)OC(F)(F)C(C)(C)F. The monoisotopic (exact) mass is 392 g/mol. The van der Waals surface area contributed by atoms with E-state index in [0.29, 0.717) is 0 Å². The molecule has 25 heavy (non-hydrogen) atoms. The zero-order valence-electron chi connectivity index (χ0n) is 14.2. The first-order valence-corrected chi connectivity index (χ1v) is 6.77. The molecule has 0 radical (unpaired) electrons. The summed E-state index contributed by atoms with van der Waals surface area (Å²) in [7, 11) is -3.71. The molecule has 0 spiro atoms. The second-order valence-corrected chi connectivity index (χ2v) is 6.61. The first-order chi connectivity index (χ1) is 10.5. The van der Waals surface area contributed by atoms with Crippen LogP contribution in [0.2, 0.25) is 0 Å². The number of rotatable bonds is 9. The Hall–Kier alpha value is -0.685. The molecule has 0 saturated heterocycles. The molecule has 0 aliphatic rings. The van der Waals surface area contributed by atoms with Crippen LogP contribution < -0.4 is 0 Å². The summed E-state index contributed by atoms with van der Waals surface area (Å²) in [5.41, 5.74) is -10.7. The van der Waals surface area contributed by atoms with Crippen molar-refractivity contribution in [3.8, 4) is 0 Å². The van der Waals surface area contributed by atoms with E-state index < -0.39 is 42.7 Å². The van der Waals surface area contributed by atoms with Crippen molar-refractivity contribution in [1.82, 2.24) is 0 Å². The number of alkyl halides is 9. The molecule has 0 bridgehead atoms. The molecule has 0 fully saturated rings. The Morgan fingerprint density at radius 2 is 0.600 bits per heavy atom. The minimum absolute atomic E-state index is 0.235. The highest BCUT2D eigenvalue weighted by molar-refractivity contribution is 6.36. The topological polar surface area (TPSA) is 27.7 Å². The molecule has 0 aliphatic carbocycles. The number of halogens is 9. The molecular weight excluding hydrogens is 374 g/mol. The van der Waals surface area contributed by atoms with Crippen LogP contribution in [0.25, 0.3) is 0 Å². The van der Waals surface area contributed by atoms with Gasteiger partial charge in [-0.2, -0.15) is 26.3 Å². The molecule has 0 rings (SSSR count). The molecule has 150 valence electrons. The lowest BCUT2D eigenvalue weighted by Gasteiger charge is -2.35. The summed E-state index contributed by atoms with van der Waals surface area (Å²) in [4.78, 5) is 0. The summed E-state index contributed by atoms with van der Waals surface area (Å²) in [6.07, 6.45) is -14.9. The third kappa shape index (κ3) is 6.21. The average Bonchev–Trinajstić information content (AvgIpc) is 2.21. The maximum atomic E-state index is 13.5. The van der Waals surface area contributed by atoms with Crippen molar-refractivity contribution in [1.29, 1.82) is 0 Å². The van der Waals surface area contributed by atoms with E-state index in [4.69, 9.17) is 0 Å². The fourth-order valence-electron chi connectivity index (χ4n) is 0.855. The van der Waals surface area contributed by atoms with Crippen LogP contribution in [0.5, 0.6) is 0 Å². The smallest absolute Gasteiger partial charge is 0.324 e. The Bertz CT molecular complexity index is 386. The standard InChI is InChI=1S/C12H18BF9O3/c1-7(2,14)10(17,18)23-13(24-11(19,20)8(3,4)15)25-12(21,22)9(5,6)16/h1-6H3. The van der Waals surface area contributed by atoms with E-state index in [0.717, 1.165) is 0 Å². The fourth-order valence-corrected chi connectivity index (χ4v) is 0.855. The molecular formula is C12H18BF9O3. The second-order valence-electron chi connectivity index (χ2n) is 6.61. The molecule has 3 nitrogen and oxygen atoms in total. The van der Waals surface area contributed by atoms with Crippen molar-refractivity contribution in [3.05, 3.63) is 0 Å². The maximum absolute atomic E-state index is 13.5. The van der Waals surface area contributed by atoms with Crippen molar-refractivity contribution in [2.75, 3.05) is 0 Å². The first-order valence-electron chi connectivity index (χ1n) is 6.77. The van der Waals surface area contributed by atoms with E-state index in [-0.39, 0.29) is 41.5 Å². The van der Waals surface area contributed by atoms with Gasteiger partial charge in [0.15, 0.2) is 17.0 Å². The van der Waals surface area contributed by atoms with Crippen molar-refractivity contribution in [2.24, 2.45) is 0 Å². The van der Waals surface area contributed by atoms with Gasteiger partial charge in [-0.1, -0.05) is 0 Å². The van der Waals surface area contributed by atoms with Crippen LogP contribution in [0, 0.1) is 0 Å². The molecule has 0 heterocycles. The highest BCUT2D eigenvalue weighted by Crippen LogP contribution is 2.40. The van der Waals surface area contributed by atoms with Crippen LogP contribution in [0.3, 0.4) is 0 Å². The predicted octanol–water partition coefficient (Wildman–Crippen LogP) is 5.04. The number of hydrogen-bond acceptors (Lipinski definition) is 3. The van der Waals surface area contributed by atoms with Crippen LogP contribution >= 0.6 is 0 Å². The van der Waals surface area contributed by atoms with Gasteiger partial charge < -0.3 is 14.0 Å². The summed E-state index contributed by atoms with van der Waals surface area (Å²) in [5.74, 6) is 0. The largest absolute Gasteiger partial charge is 0.652 e. The van der Waals surface area contributed by atoms with Crippen LogP contribution in [0.1, 0.15) is 41.5 Å².